The maximum absolute atomic E-state index is 5.20. The predicted molar refractivity (Wildman–Crippen MR) is 60.5 cm³/mol. The maximum Gasteiger partial charge on any atom is 0.198 e. The number of methoxy groups -OCH3 is 1. The zero-order valence-corrected chi connectivity index (χ0v) is 9.34. The molecule has 2 aromatic rings. The Hall–Kier alpha value is -1.22. The van der Waals surface area contributed by atoms with Gasteiger partial charge in [0.25, 0.3) is 0 Å². The number of rotatable bonds is 2. The van der Waals surface area contributed by atoms with Crippen LogP contribution in [0.5, 0.6) is 5.88 Å². The van der Waals surface area contributed by atoms with Gasteiger partial charge in [-0.3, -0.25) is 0 Å². The molecule has 0 radical (unpaired) electrons. The fourth-order valence-corrected chi connectivity index (χ4v) is 1.64. The Morgan fingerprint density at radius 2 is 1.86 bits per heavy atom. The van der Waals surface area contributed by atoms with Crippen molar-refractivity contribution in [3.8, 4) is 17.0 Å². The van der Waals surface area contributed by atoms with Gasteiger partial charge < -0.3 is 9.72 Å². The normalized spacial score (nSPS) is 10.1. The van der Waals surface area contributed by atoms with Crippen LogP contribution in [0.4, 0.5) is 0 Å². The summed E-state index contributed by atoms with van der Waals surface area (Å²) in [5, 5.41) is 0. The Morgan fingerprint density at radius 1 is 1.14 bits per heavy atom. The molecule has 2 nitrogen and oxygen atoms in total. The minimum absolute atomic E-state index is 0.798. The molecule has 0 aliphatic rings. The summed E-state index contributed by atoms with van der Waals surface area (Å²) in [6.07, 6.45) is 1.87. The summed E-state index contributed by atoms with van der Waals surface area (Å²) in [5.41, 5.74) is 2.23. The third kappa shape index (κ3) is 1.68. The van der Waals surface area contributed by atoms with E-state index in [4.69, 9.17) is 4.74 Å². The number of aromatic nitrogens is 1. The van der Waals surface area contributed by atoms with E-state index >= 15 is 0 Å². The van der Waals surface area contributed by atoms with Gasteiger partial charge in [-0.05, 0) is 23.8 Å². The summed E-state index contributed by atoms with van der Waals surface area (Å²) in [5.74, 6) is 0.798. The number of hydrogen-bond acceptors (Lipinski definition) is 1. The minimum atomic E-state index is 0.798. The van der Waals surface area contributed by atoms with E-state index < -0.39 is 0 Å². The van der Waals surface area contributed by atoms with E-state index in [2.05, 4.69) is 33.0 Å². The van der Waals surface area contributed by atoms with Gasteiger partial charge in [0.05, 0.1) is 7.11 Å². The Morgan fingerprint density at radius 3 is 2.50 bits per heavy atom. The van der Waals surface area contributed by atoms with Crippen molar-refractivity contribution in [1.82, 2.24) is 4.98 Å². The summed E-state index contributed by atoms with van der Waals surface area (Å²) in [4.78, 5) is 3.03. The molecule has 0 spiro atoms. The number of H-pyrrole nitrogens is 1. The van der Waals surface area contributed by atoms with Crippen molar-refractivity contribution in [2.75, 3.05) is 7.11 Å². The van der Waals surface area contributed by atoms with Crippen molar-refractivity contribution in [3.63, 3.8) is 0 Å². The Bertz CT molecular complexity index is 419. The average molecular weight is 252 g/mol. The van der Waals surface area contributed by atoms with Crippen LogP contribution >= 0.6 is 15.9 Å². The standard InChI is InChI=1S/C11H10BrNO/c1-14-11-10(6-7-13-11)8-2-4-9(12)5-3-8/h2-7,13H,1H3. The number of hydrogen-bond donors (Lipinski definition) is 1. The van der Waals surface area contributed by atoms with Crippen LogP contribution in [-0.4, -0.2) is 12.1 Å². The summed E-state index contributed by atoms with van der Waals surface area (Å²) in [6.45, 7) is 0. The van der Waals surface area contributed by atoms with Gasteiger partial charge in [0.1, 0.15) is 0 Å². The Balaban J connectivity index is 2.44. The molecule has 0 atom stereocenters. The van der Waals surface area contributed by atoms with Crippen molar-refractivity contribution >= 4 is 15.9 Å². The molecule has 0 amide bonds. The lowest BCUT2D eigenvalue weighted by Gasteiger charge is -2.02. The maximum atomic E-state index is 5.20. The minimum Gasteiger partial charge on any atom is -0.482 e. The first-order chi connectivity index (χ1) is 6.81. The van der Waals surface area contributed by atoms with Gasteiger partial charge in [-0.25, -0.2) is 0 Å². The van der Waals surface area contributed by atoms with Gasteiger partial charge in [-0.2, -0.15) is 0 Å². The number of benzene rings is 1. The zero-order valence-electron chi connectivity index (χ0n) is 7.75. The Kier molecular flexibility index (Phi) is 2.59. The van der Waals surface area contributed by atoms with Crippen LogP contribution < -0.4 is 4.74 Å². The molecule has 0 fully saturated rings. The molecule has 1 heterocycles. The molecule has 0 aliphatic heterocycles. The number of nitrogens with one attached hydrogen (secondary N) is 1. The van der Waals surface area contributed by atoms with E-state index in [-0.39, 0.29) is 0 Å². The first-order valence-electron chi connectivity index (χ1n) is 4.28. The molecule has 14 heavy (non-hydrogen) atoms. The summed E-state index contributed by atoms with van der Waals surface area (Å²) in [6, 6.07) is 10.1. The van der Waals surface area contributed by atoms with E-state index in [0.29, 0.717) is 0 Å². The van der Waals surface area contributed by atoms with Gasteiger partial charge in [0.15, 0.2) is 5.88 Å². The van der Waals surface area contributed by atoms with E-state index in [9.17, 15) is 0 Å². The number of halogens is 1. The van der Waals surface area contributed by atoms with Crippen molar-refractivity contribution in [1.29, 1.82) is 0 Å². The molecule has 1 aromatic carbocycles. The first-order valence-corrected chi connectivity index (χ1v) is 5.08. The summed E-state index contributed by atoms with van der Waals surface area (Å²) >= 11 is 3.41. The van der Waals surface area contributed by atoms with Gasteiger partial charge in [-0.15, -0.1) is 0 Å². The van der Waals surface area contributed by atoms with Gasteiger partial charge in [0.2, 0.25) is 0 Å². The first kappa shape index (κ1) is 9.34. The molecule has 1 aromatic heterocycles. The fourth-order valence-electron chi connectivity index (χ4n) is 1.38. The topological polar surface area (TPSA) is 25.0 Å². The van der Waals surface area contributed by atoms with Crippen LogP contribution in [0.3, 0.4) is 0 Å². The third-order valence-corrected chi connectivity index (χ3v) is 2.60. The zero-order chi connectivity index (χ0) is 9.97. The van der Waals surface area contributed by atoms with Crippen LogP contribution in [-0.2, 0) is 0 Å². The number of aromatic amines is 1. The summed E-state index contributed by atoms with van der Waals surface area (Å²) < 4.78 is 6.28. The molecule has 2 rings (SSSR count). The second-order valence-electron chi connectivity index (χ2n) is 2.93. The van der Waals surface area contributed by atoms with Gasteiger partial charge in [0, 0.05) is 16.2 Å². The van der Waals surface area contributed by atoms with E-state index in [0.717, 1.165) is 21.5 Å². The lowest BCUT2D eigenvalue weighted by molar-refractivity contribution is 0.402. The molecule has 0 bridgehead atoms. The fraction of sp³-hybridized carbons (Fsp3) is 0.0909. The second-order valence-corrected chi connectivity index (χ2v) is 3.85. The lowest BCUT2D eigenvalue weighted by atomic mass is 10.1. The summed E-state index contributed by atoms with van der Waals surface area (Å²) in [7, 11) is 1.66. The van der Waals surface area contributed by atoms with Crippen LogP contribution in [0.25, 0.3) is 11.1 Å². The second kappa shape index (κ2) is 3.88. The van der Waals surface area contributed by atoms with Crippen LogP contribution in [0.15, 0.2) is 41.0 Å². The van der Waals surface area contributed by atoms with Gasteiger partial charge >= 0.3 is 0 Å². The molecule has 0 saturated heterocycles. The van der Waals surface area contributed by atoms with Crippen molar-refractivity contribution in [3.05, 3.63) is 41.0 Å². The van der Waals surface area contributed by atoms with E-state index in [1.807, 2.05) is 24.4 Å². The molecule has 72 valence electrons. The molecule has 1 N–H and O–H groups in total. The molecular formula is C11H10BrNO. The predicted octanol–water partition coefficient (Wildman–Crippen LogP) is 3.45. The van der Waals surface area contributed by atoms with Crippen LogP contribution in [0.2, 0.25) is 0 Å². The van der Waals surface area contributed by atoms with Crippen LogP contribution in [0, 0.1) is 0 Å². The Labute approximate surface area is 91.0 Å². The largest absolute Gasteiger partial charge is 0.482 e. The van der Waals surface area contributed by atoms with E-state index in [1.165, 1.54) is 0 Å². The smallest absolute Gasteiger partial charge is 0.198 e. The van der Waals surface area contributed by atoms with Crippen molar-refractivity contribution in [2.24, 2.45) is 0 Å². The molecule has 3 heteroatoms. The van der Waals surface area contributed by atoms with Gasteiger partial charge in [-0.1, -0.05) is 28.1 Å². The SMILES string of the molecule is COc1[nH]ccc1-c1ccc(Br)cc1. The van der Waals surface area contributed by atoms with Crippen molar-refractivity contribution < 1.29 is 4.74 Å². The highest BCUT2D eigenvalue weighted by Crippen LogP contribution is 2.29. The quantitative estimate of drug-likeness (QED) is 0.869. The van der Waals surface area contributed by atoms with Crippen molar-refractivity contribution in [2.45, 2.75) is 0 Å². The molecule has 0 aliphatic carbocycles. The lowest BCUT2D eigenvalue weighted by Crippen LogP contribution is -1.84. The third-order valence-electron chi connectivity index (χ3n) is 2.07. The highest BCUT2D eigenvalue weighted by molar-refractivity contribution is 9.10. The molecular weight excluding hydrogens is 242 g/mol. The highest BCUT2D eigenvalue weighted by Gasteiger charge is 2.05. The highest BCUT2D eigenvalue weighted by atomic mass is 79.9. The molecule has 0 unspecified atom stereocenters. The molecule has 0 saturated carbocycles. The van der Waals surface area contributed by atoms with E-state index in [1.54, 1.807) is 7.11 Å². The monoisotopic (exact) mass is 251 g/mol. The average Bonchev–Trinajstić information content (AvgIpc) is 2.67. The van der Waals surface area contributed by atoms with Crippen LogP contribution in [0.1, 0.15) is 0 Å². The number of ether oxygens (including phenoxy) is 1.